The number of carbonyl (C=O) groups excluding carboxylic acids is 1. The number of carboxylic acids is 1. The molecule has 1 N–H and O–H groups in total. The van der Waals surface area contributed by atoms with E-state index in [-0.39, 0.29) is 0 Å². The van der Waals surface area contributed by atoms with E-state index < -0.39 is 26.7 Å². The summed E-state index contributed by atoms with van der Waals surface area (Å²) in [5, 5.41) is 9.68. The van der Waals surface area contributed by atoms with Gasteiger partial charge in [0.25, 0.3) is 0 Å². The third-order valence-electron chi connectivity index (χ3n) is 4.34. The molecule has 0 amide bonds. The minimum Gasteiger partial charge on any atom is -0.478 e. The van der Waals surface area contributed by atoms with Gasteiger partial charge in [0, 0.05) is 18.7 Å². The molecule has 0 rings (SSSR count). The summed E-state index contributed by atoms with van der Waals surface area (Å²) >= 11 is 0.987. The van der Waals surface area contributed by atoms with Gasteiger partial charge in [-0.15, -0.1) is 0 Å². The third kappa shape index (κ3) is 13.9. The van der Waals surface area contributed by atoms with Crippen LogP contribution in [-0.2, 0) is 14.3 Å². The number of rotatable bonds is 18. The van der Waals surface area contributed by atoms with Crippen molar-refractivity contribution in [2.75, 3.05) is 32.9 Å². The smallest absolute Gasteiger partial charge is 0.331 e. The number of hydrogen-bond acceptors (Lipinski definition) is 6. The molecule has 0 spiro atoms. The van der Waals surface area contributed by atoms with Gasteiger partial charge in [0.05, 0.1) is 11.4 Å². The van der Waals surface area contributed by atoms with Crippen molar-refractivity contribution in [1.82, 2.24) is 9.21 Å². The van der Waals surface area contributed by atoms with Crippen molar-refractivity contribution in [3.05, 3.63) is 47.6 Å². The Labute approximate surface area is 208 Å². The molecule has 0 atom stereocenters. The van der Waals surface area contributed by atoms with Gasteiger partial charge in [0.2, 0.25) is 0 Å². The SMILES string of the molecule is C=C(/C=C\C=IC=O)O/C(CSN(C)C)=C(/C=C(\CC)C(=O)O)N(CCCC)CCCC. The molecule has 182 valence electrons. The molecular weight excluding hydrogens is 539 g/mol. The van der Waals surface area contributed by atoms with E-state index in [9.17, 15) is 14.7 Å². The van der Waals surface area contributed by atoms with E-state index >= 15 is 0 Å². The van der Waals surface area contributed by atoms with E-state index in [0.29, 0.717) is 29.3 Å². The summed E-state index contributed by atoms with van der Waals surface area (Å²) in [4.78, 5) is 24.6. The maximum absolute atomic E-state index is 11.8. The summed E-state index contributed by atoms with van der Waals surface area (Å²) in [5.74, 6) is 0.766. The van der Waals surface area contributed by atoms with Crippen LogP contribution in [0.5, 0.6) is 0 Å². The van der Waals surface area contributed by atoms with Gasteiger partial charge in [-0.25, -0.2) is 4.79 Å². The van der Waals surface area contributed by atoms with Crippen LogP contribution in [0.3, 0.4) is 0 Å². The van der Waals surface area contributed by atoms with Gasteiger partial charge < -0.3 is 14.7 Å². The number of unbranched alkanes of at least 4 members (excludes halogenated alkanes) is 2. The number of carboxylic acid groups (broad SMARTS) is 1. The number of hydrogen-bond donors (Lipinski definition) is 1. The Morgan fingerprint density at radius 1 is 1.16 bits per heavy atom. The molecule has 0 aromatic carbocycles. The average Bonchev–Trinajstić information content (AvgIpc) is 2.75. The Bertz CT molecular complexity index is 707. The second-order valence-corrected chi connectivity index (χ2v) is 10.4. The highest BCUT2D eigenvalue weighted by molar-refractivity contribution is 14.2. The summed E-state index contributed by atoms with van der Waals surface area (Å²) in [6.07, 6.45) is 9.83. The zero-order chi connectivity index (χ0) is 24.4. The van der Waals surface area contributed by atoms with Crippen LogP contribution in [-0.4, -0.2) is 61.5 Å². The van der Waals surface area contributed by atoms with Gasteiger partial charge in [-0.05, 0) is 70.3 Å². The van der Waals surface area contributed by atoms with E-state index in [1.54, 1.807) is 30.2 Å². The molecule has 0 fully saturated rings. The quantitative estimate of drug-likeness (QED) is 0.0421. The fourth-order valence-electron chi connectivity index (χ4n) is 2.63. The van der Waals surface area contributed by atoms with Gasteiger partial charge in [0.15, 0.2) is 4.29 Å². The first-order valence-corrected chi connectivity index (χ1v) is 14.4. The standard InChI is InChI=1S/C24H39IN2O4S/c1-7-10-15-27(16-11-8-2)22(17-21(9-3)24(29)30)23(18-32-26(5)6)31-20(4)13-12-14-25-19-28/h12-14,17,19H,4,7-11,15-16,18H2,1-3,5-6H3,(H,29,30)/b13-12-,21-17+,23-22-. The molecule has 8 heteroatoms. The number of allylic oxidation sites excluding steroid dienone is 3. The summed E-state index contributed by atoms with van der Waals surface area (Å²) in [5.41, 5.74) is 1.15. The van der Waals surface area contributed by atoms with Crippen molar-refractivity contribution in [2.45, 2.75) is 52.9 Å². The lowest BCUT2D eigenvalue weighted by molar-refractivity contribution is -0.132. The molecule has 0 aliphatic rings. The topological polar surface area (TPSA) is 70.1 Å². The fraction of sp³-hybridized carbons (Fsp3) is 0.542. The lowest BCUT2D eigenvalue weighted by Gasteiger charge is -2.29. The first kappa shape index (κ1) is 30.6. The second kappa shape index (κ2) is 19.1. The number of aliphatic carboxylic acids is 1. The molecular formula is C24H39IN2O4S. The van der Waals surface area contributed by atoms with Crippen molar-refractivity contribution in [3.8, 4) is 0 Å². The zero-order valence-corrected chi connectivity index (χ0v) is 23.1. The number of carbonyl (C=O) groups is 2. The van der Waals surface area contributed by atoms with Crippen LogP contribution in [0.1, 0.15) is 52.9 Å². The summed E-state index contributed by atoms with van der Waals surface area (Å²) in [6.45, 7) is 11.8. The minimum absolute atomic E-state index is 0.346. The Balaban J connectivity index is 6.43. The number of nitrogens with zero attached hydrogens (tertiary/aromatic N) is 2. The van der Waals surface area contributed by atoms with Crippen molar-refractivity contribution < 1.29 is 19.4 Å². The molecule has 0 saturated heterocycles. The largest absolute Gasteiger partial charge is 0.478 e. The van der Waals surface area contributed by atoms with Gasteiger partial charge in [-0.2, -0.15) is 0 Å². The molecule has 0 aromatic rings. The van der Waals surface area contributed by atoms with Gasteiger partial charge in [-0.3, -0.25) is 9.10 Å². The van der Waals surface area contributed by atoms with Crippen LogP contribution in [0.4, 0.5) is 0 Å². The molecule has 0 aliphatic carbocycles. The predicted octanol–water partition coefficient (Wildman–Crippen LogP) is 5.78. The maximum atomic E-state index is 11.8. The number of ether oxygens (including phenoxy) is 1. The predicted molar refractivity (Wildman–Crippen MR) is 147 cm³/mol. The third-order valence-corrected chi connectivity index (χ3v) is 6.37. The van der Waals surface area contributed by atoms with Crippen molar-refractivity contribution in [2.24, 2.45) is 0 Å². The monoisotopic (exact) mass is 578 g/mol. The van der Waals surface area contributed by atoms with Gasteiger partial charge >= 0.3 is 5.97 Å². The fourth-order valence-corrected chi connectivity index (χ4v) is 3.83. The summed E-state index contributed by atoms with van der Waals surface area (Å²) < 4.78 is 11.0. The first-order valence-electron chi connectivity index (χ1n) is 10.9. The molecule has 0 saturated carbocycles. The summed E-state index contributed by atoms with van der Waals surface area (Å²) in [6, 6.07) is 0. The highest BCUT2D eigenvalue weighted by atomic mass is 127. The average molecular weight is 579 g/mol. The molecule has 0 unspecified atom stereocenters. The zero-order valence-electron chi connectivity index (χ0n) is 20.1. The highest BCUT2D eigenvalue weighted by Crippen LogP contribution is 2.24. The van der Waals surface area contributed by atoms with E-state index in [4.69, 9.17) is 4.74 Å². The van der Waals surface area contributed by atoms with E-state index in [1.165, 1.54) is 0 Å². The lowest BCUT2D eigenvalue weighted by atomic mass is 10.1. The number of halogens is 1. The maximum Gasteiger partial charge on any atom is 0.331 e. The Hall–Kier alpha value is -1.39. The molecule has 32 heavy (non-hydrogen) atoms. The van der Waals surface area contributed by atoms with Crippen LogP contribution in [0.15, 0.2) is 47.6 Å². The van der Waals surface area contributed by atoms with E-state index in [2.05, 4.69) is 25.3 Å². The van der Waals surface area contributed by atoms with Crippen molar-refractivity contribution in [1.29, 1.82) is 0 Å². The second-order valence-electron chi connectivity index (χ2n) is 7.19. The van der Waals surface area contributed by atoms with E-state index in [1.807, 2.05) is 29.3 Å². The molecule has 0 heterocycles. The molecule has 0 radical (unpaired) electrons. The van der Waals surface area contributed by atoms with Gasteiger partial charge in [-0.1, -0.05) is 58.2 Å². The summed E-state index contributed by atoms with van der Waals surface area (Å²) in [7, 11) is 3.93. The van der Waals surface area contributed by atoms with Crippen LogP contribution >= 0.6 is 32.7 Å². The van der Waals surface area contributed by atoms with E-state index in [0.717, 1.165) is 48.8 Å². The normalized spacial score (nSPS) is 13.2. The Kier molecular flexibility index (Phi) is 18.3. The van der Waals surface area contributed by atoms with Crippen LogP contribution in [0, 0.1) is 0 Å². The Morgan fingerprint density at radius 3 is 2.25 bits per heavy atom. The van der Waals surface area contributed by atoms with Crippen LogP contribution < -0.4 is 0 Å². The van der Waals surface area contributed by atoms with Crippen molar-refractivity contribution >= 4 is 47.0 Å². The van der Waals surface area contributed by atoms with Gasteiger partial charge in [0.1, 0.15) is 11.5 Å². The molecule has 0 aromatic heterocycles. The molecule has 0 aliphatic heterocycles. The Morgan fingerprint density at radius 2 is 1.78 bits per heavy atom. The van der Waals surface area contributed by atoms with Crippen molar-refractivity contribution in [3.63, 3.8) is 0 Å². The molecule has 0 bridgehead atoms. The van der Waals surface area contributed by atoms with Crippen LogP contribution in [0.25, 0.3) is 0 Å². The lowest BCUT2D eigenvalue weighted by Crippen LogP contribution is -2.27. The highest BCUT2D eigenvalue weighted by Gasteiger charge is 2.18. The molecule has 6 nitrogen and oxygen atoms in total. The minimum atomic E-state index is -0.915. The van der Waals surface area contributed by atoms with Crippen LogP contribution in [0.2, 0.25) is 0 Å². The first-order chi connectivity index (χ1) is 15.3.